The van der Waals surface area contributed by atoms with Crippen molar-refractivity contribution in [3.05, 3.63) is 29.8 Å². The minimum Gasteiger partial charge on any atom is -0.480 e. The summed E-state index contributed by atoms with van der Waals surface area (Å²) >= 11 is 0. The zero-order chi connectivity index (χ0) is 16.2. The van der Waals surface area contributed by atoms with Crippen LogP contribution in [0, 0.1) is 0 Å². The molecule has 1 atom stereocenters. The molecule has 0 aromatic heterocycles. The smallest absolute Gasteiger partial charge is 0.323 e. The molecule has 0 aliphatic heterocycles. The summed E-state index contributed by atoms with van der Waals surface area (Å²) < 4.78 is 0. The van der Waals surface area contributed by atoms with Gasteiger partial charge in [-0.3, -0.25) is 9.59 Å². The fraction of sp³-hybridized carbons (Fsp3) is 0.500. The number of nitrogens with two attached hydrogens (primary N) is 1. The van der Waals surface area contributed by atoms with Gasteiger partial charge >= 0.3 is 5.97 Å². The monoisotopic (exact) mass is 292 g/mol. The van der Waals surface area contributed by atoms with Gasteiger partial charge in [0.05, 0.1) is 0 Å². The second-order valence-corrected chi connectivity index (χ2v) is 6.32. The third kappa shape index (κ3) is 5.10. The predicted molar refractivity (Wildman–Crippen MR) is 83.0 cm³/mol. The van der Waals surface area contributed by atoms with Crippen molar-refractivity contribution in [3.8, 4) is 0 Å². The second kappa shape index (κ2) is 6.61. The molecule has 1 rings (SSSR count). The molecule has 0 heterocycles. The first-order valence-electron chi connectivity index (χ1n) is 6.99. The number of hydrogen-bond donors (Lipinski definition) is 2. The van der Waals surface area contributed by atoms with Crippen molar-refractivity contribution in [1.29, 1.82) is 0 Å². The second-order valence-electron chi connectivity index (χ2n) is 6.32. The Bertz CT molecular complexity index is 503. The minimum absolute atomic E-state index is 0.0109. The SMILES string of the molecule is CC(CC(=O)N(CC(=O)O)C(C)(C)C)c1ccc(N)cc1. The van der Waals surface area contributed by atoms with E-state index in [1.807, 2.05) is 39.8 Å². The molecule has 1 unspecified atom stereocenters. The lowest BCUT2D eigenvalue weighted by atomic mass is 9.95. The van der Waals surface area contributed by atoms with Gasteiger partial charge in [0.25, 0.3) is 0 Å². The molecule has 116 valence electrons. The molecular weight excluding hydrogens is 268 g/mol. The van der Waals surface area contributed by atoms with Crippen LogP contribution in [0.1, 0.15) is 45.6 Å². The summed E-state index contributed by atoms with van der Waals surface area (Å²) in [5.74, 6) is -1.15. The number of nitrogens with zero attached hydrogens (tertiary/aromatic N) is 1. The number of hydrogen-bond acceptors (Lipinski definition) is 3. The summed E-state index contributed by atoms with van der Waals surface area (Å²) in [4.78, 5) is 24.8. The first-order valence-corrected chi connectivity index (χ1v) is 6.99. The van der Waals surface area contributed by atoms with E-state index in [1.165, 1.54) is 4.90 Å². The van der Waals surface area contributed by atoms with E-state index in [0.29, 0.717) is 5.69 Å². The molecule has 0 bridgehead atoms. The molecule has 0 fully saturated rings. The van der Waals surface area contributed by atoms with Crippen LogP contribution in [0.15, 0.2) is 24.3 Å². The number of carboxylic acids is 1. The highest BCUT2D eigenvalue weighted by Crippen LogP contribution is 2.23. The van der Waals surface area contributed by atoms with Crippen molar-refractivity contribution >= 4 is 17.6 Å². The summed E-state index contributed by atoms with van der Waals surface area (Å²) in [7, 11) is 0. The number of benzene rings is 1. The molecule has 1 aromatic carbocycles. The number of carbonyl (C=O) groups excluding carboxylic acids is 1. The van der Waals surface area contributed by atoms with Crippen LogP contribution in [-0.2, 0) is 9.59 Å². The number of aliphatic carboxylic acids is 1. The Balaban J connectivity index is 2.81. The van der Waals surface area contributed by atoms with Gasteiger partial charge in [-0.25, -0.2) is 0 Å². The fourth-order valence-electron chi connectivity index (χ4n) is 2.15. The van der Waals surface area contributed by atoms with E-state index in [4.69, 9.17) is 10.8 Å². The van der Waals surface area contributed by atoms with Crippen LogP contribution < -0.4 is 5.73 Å². The first-order chi connectivity index (χ1) is 9.61. The Labute approximate surface area is 125 Å². The van der Waals surface area contributed by atoms with E-state index in [2.05, 4.69) is 0 Å². The first kappa shape index (κ1) is 17.0. The lowest BCUT2D eigenvalue weighted by Gasteiger charge is -2.35. The van der Waals surface area contributed by atoms with E-state index in [1.54, 1.807) is 12.1 Å². The Hall–Kier alpha value is -2.04. The minimum atomic E-state index is -1.00. The van der Waals surface area contributed by atoms with Crippen LogP contribution in [0.2, 0.25) is 0 Å². The fourth-order valence-corrected chi connectivity index (χ4v) is 2.15. The standard InChI is InChI=1S/C16H24N2O3/c1-11(12-5-7-13(17)8-6-12)9-14(19)18(10-15(20)21)16(2,3)4/h5-8,11H,9-10,17H2,1-4H3,(H,20,21). The Morgan fingerprint density at radius 3 is 2.19 bits per heavy atom. The highest BCUT2D eigenvalue weighted by atomic mass is 16.4. The van der Waals surface area contributed by atoms with Gasteiger partial charge in [0.15, 0.2) is 0 Å². The maximum Gasteiger partial charge on any atom is 0.323 e. The molecule has 0 aliphatic carbocycles. The quantitative estimate of drug-likeness (QED) is 0.817. The van der Waals surface area contributed by atoms with Crippen LogP contribution in [0.25, 0.3) is 0 Å². The van der Waals surface area contributed by atoms with Gasteiger partial charge < -0.3 is 15.7 Å². The average Bonchev–Trinajstić information content (AvgIpc) is 2.35. The number of carbonyl (C=O) groups is 2. The maximum atomic E-state index is 12.4. The number of nitrogen functional groups attached to an aromatic ring is 1. The van der Waals surface area contributed by atoms with E-state index in [0.717, 1.165) is 5.56 Å². The maximum absolute atomic E-state index is 12.4. The lowest BCUT2D eigenvalue weighted by Crippen LogP contribution is -2.48. The zero-order valence-electron chi connectivity index (χ0n) is 13.1. The molecule has 0 saturated carbocycles. The van der Waals surface area contributed by atoms with Crippen LogP contribution in [0.3, 0.4) is 0 Å². The van der Waals surface area contributed by atoms with Gasteiger partial charge in [0.1, 0.15) is 6.54 Å². The van der Waals surface area contributed by atoms with Crippen molar-refractivity contribution < 1.29 is 14.7 Å². The molecule has 0 radical (unpaired) electrons. The molecule has 1 amide bonds. The molecule has 3 N–H and O–H groups in total. The Morgan fingerprint density at radius 1 is 1.24 bits per heavy atom. The van der Waals surface area contributed by atoms with E-state index in [9.17, 15) is 9.59 Å². The van der Waals surface area contributed by atoms with Gasteiger partial charge in [0, 0.05) is 17.6 Å². The third-order valence-corrected chi connectivity index (χ3v) is 3.39. The van der Waals surface area contributed by atoms with E-state index in [-0.39, 0.29) is 24.8 Å². The zero-order valence-corrected chi connectivity index (χ0v) is 13.1. The number of rotatable bonds is 5. The number of carboxylic acid groups (broad SMARTS) is 1. The normalized spacial score (nSPS) is 12.8. The molecule has 0 aliphatic rings. The summed E-state index contributed by atoms with van der Waals surface area (Å²) in [6.07, 6.45) is 0.272. The van der Waals surface area contributed by atoms with Crippen LogP contribution in [0.5, 0.6) is 0 Å². The summed E-state index contributed by atoms with van der Waals surface area (Å²) in [6, 6.07) is 7.39. The highest BCUT2D eigenvalue weighted by Gasteiger charge is 2.29. The molecular formula is C16H24N2O3. The number of amides is 1. The van der Waals surface area contributed by atoms with Gasteiger partial charge in [-0.05, 0) is 44.4 Å². The van der Waals surface area contributed by atoms with Gasteiger partial charge in [-0.15, -0.1) is 0 Å². The Morgan fingerprint density at radius 2 is 1.76 bits per heavy atom. The van der Waals surface area contributed by atoms with Crippen LogP contribution >= 0.6 is 0 Å². The number of anilines is 1. The molecule has 5 nitrogen and oxygen atoms in total. The largest absolute Gasteiger partial charge is 0.480 e. The van der Waals surface area contributed by atoms with E-state index < -0.39 is 11.5 Å². The average molecular weight is 292 g/mol. The van der Waals surface area contributed by atoms with Crippen molar-refractivity contribution in [2.75, 3.05) is 12.3 Å². The third-order valence-electron chi connectivity index (χ3n) is 3.39. The van der Waals surface area contributed by atoms with Crippen LogP contribution in [-0.4, -0.2) is 34.0 Å². The summed E-state index contributed by atoms with van der Waals surface area (Å²) in [5.41, 5.74) is 6.83. The van der Waals surface area contributed by atoms with Crippen molar-refractivity contribution in [1.82, 2.24) is 4.90 Å². The molecule has 0 saturated heterocycles. The van der Waals surface area contributed by atoms with Crippen molar-refractivity contribution in [2.45, 2.75) is 45.6 Å². The van der Waals surface area contributed by atoms with Crippen LogP contribution in [0.4, 0.5) is 5.69 Å². The van der Waals surface area contributed by atoms with Gasteiger partial charge in [-0.1, -0.05) is 19.1 Å². The van der Waals surface area contributed by atoms with Gasteiger partial charge in [0.2, 0.25) is 5.91 Å². The topological polar surface area (TPSA) is 83.6 Å². The molecule has 0 spiro atoms. The van der Waals surface area contributed by atoms with Gasteiger partial charge in [-0.2, -0.15) is 0 Å². The summed E-state index contributed by atoms with van der Waals surface area (Å²) in [6.45, 7) is 7.17. The lowest BCUT2D eigenvalue weighted by molar-refractivity contribution is -0.148. The van der Waals surface area contributed by atoms with Crippen molar-refractivity contribution in [2.24, 2.45) is 0 Å². The molecule has 5 heteroatoms. The van der Waals surface area contributed by atoms with E-state index >= 15 is 0 Å². The molecule has 21 heavy (non-hydrogen) atoms. The predicted octanol–water partition coefficient (Wildman–Crippen LogP) is 2.47. The Kier molecular flexibility index (Phi) is 5.35. The molecule has 1 aromatic rings. The highest BCUT2D eigenvalue weighted by molar-refractivity contribution is 5.82. The summed E-state index contributed by atoms with van der Waals surface area (Å²) in [5, 5.41) is 8.97. The van der Waals surface area contributed by atoms with Crippen molar-refractivity contribution in [3.63, 3.8) is 0 Å².